The standard InChI is InChI=1S/C34H37F3O2/c1-3-5-21-39-28-18-20-29(31(35)22-28)24-10-7-23(8-11-24)9-12-27-17-19-30(34(37)33(27)36)25-13-15-26(16-14-25)32(38)6-4-2/h3,10,13-20,22-23,32,38H,1,4-9,11-12,21H2,2H3. The van der Waals surface area contributed by atoms with Gasteiger partial charge in [0.15, 0.2) is 11.6 Å². The normalized spacial score (nSPS) is 16.0. The van der Waals surface area contributed by atoms with Gasteiger partial charge in [0, 0.05) is 17.2 Å². The quantitative estimate of drug-likeness (QED) is 0.185. The van der Waals surface area contributed by atoms with Gasteiger partial charge in [-0.1, -0.05) is 61.9 Å². The van der Waals surface area contributed by atoms with Crippen LogP contribution >= 0.6 is 0 Å². The predicted octanol–water partition coefficient (Wildman–Crippen LogP) is 9.38. The van der Waals surface area contributed by atoms with Crippen LogP contribution in [0.5, 0.6) is 5.75 Å². The summed E-state index contributed by atoms with van der Waals surface area (Å²) in [7, 11) is 0. The smallest absolute Gasteiger partial charge is 0.166 e. The summed E-state index contributed by atoms with van der Waals surface area (Å²) < 4.78 is 50.2. The lowest BCUT2D eigenvalue weighted by molar-refractivity contribution is 0.166. The van der Waals surface area contributed by atoms with Crippen molar-refractivity contribution >= 4 is 5.57 Å². The van der Waals surface area contributed by atoms with E-state index in [2.05, 4.69) is 12.7 Å². The molecule has 0 radical (unpaired) electrons. The van der Waals surface area contributed by atoms with E-state index in [0.29, 0.717) is 54.2 Å². The van der Waals surface area contributed by atoms with E-state index in [-0.39, 0.29) is 11.4 Å². The minimum Gasteiger partial charge on any atom is -0.493 e. The van der Waals surface area contributed by atoms with E-state index >= 15 is 4.39 Å². The summed E-state index contributed by atoms with van der Waals surface area (Å²) in [6.07, 6.45) is 9.10. The van der Waals surface area contributed by atoms with E-state index in [4.69, 9.17) is 4.74 Å². The second kappa shape index (κ2) is 13.7. The second-order valence-corrected chi connectivity index (χ2v) is 10.3. The first-order valence-electron chi connectivity index (χ1n) is 13.9. The van der Waals surface area contributed by atoms with E-state index in [1.165, 1.54) is 6.07 Å². The van der Waals surface area contributed by atoms with Crippen molar-refractivity contribution in [2.45, 2.75) is 64.4 Å². The van der Waals surface area contributed by atoms with Crippen LogP contribution in [0.25, 0.3) is 16.7 Å². The number of rotatable bonds is 12. The Morgan fingerprint density at radius 2 is 1.79 bits per heavy atom. The Morgan fingerprint density at radius 3 is 2.46 bits per heavy atom. The molecule has 2 nitrogen and oxygen atoms in total. The van der Waals surface area contributed by atoms with Gasteiger partial charge in [0.25, 0.3) is 0 Å². The number of ether oxygens (including phenoxy) is 1. The maximum Gasteiger partial charge on any atom is 0.166 e. The molecule has 2 atom stereocenters. The van der Waals surface area contributed by atoms with E-state index < -0.39 is 17.7 Å². The summed E-state index contributed by atoms with van der Waals surface area (Å²) in [6.45, 7) is 6.12. The van der Waals surface area contributed by atoms with Crippen LogP contribution in [0.15, 0.2) is 73.3 Å². The number of hydrogen-bond acceptors (Lipinski definition) is 2. The van der Waals surface area contributed by atoms with Gasteiger partial charge in [0.1, 0.15) is 11.6 Å². The molecule has 0 saturated heterocycles. The first kappa shape index (κ1) is 28.7. The van der Waals surface area contributed by atoms with Gasteiger partial charge < -0.3 is 9.84 Å². The van der Waals surface area contributed by atoms with Crippen LogP contribution in [-0.2, 0) is 6.42 Å². The lowest BCUT2D eigenvalue weighted by Crippen LogP contribution is -2.08. The zero-order valence-corrected chi connectivity index (χ0v) is 22.6. The number of allylic oxidation sites excluding steroid dienone is 2. The van der Waals surface area contributed by atoms with Gasteiger partial charge in [-0.05, 0) is 85.3 Å². The molecular weight excluding hydrogens is 497 g/mol. The first-order valence-corrected chi connectivity index (χ1v) is 13.9. The molecule has 0 bridgehead atoms. The number of aliphatic hydroxyl groups is 1. The fourth-order valence-corrected chi connectivity index (χ4v) is 5.19. The van der Waals surface area contributed by atoms with Gasteiger partial charge in [-0.15, -0.1) is 6.58 Å². The van der Waals surface area contributed by atoms with Crippen molar-refractivity contribution in [3.8, 4) is 16.9 Å². The Bertz CT molecular complexity index is 1300. The van der Waals surface area contributed by atoms with Crippen molar-refractivity contribution in [2.24, 2.45) is 5.92 Å². The van der Waals surface area contributed by atoms with Crippen LogP contribution in [0.2, 0.25) is 0 Å². The third-order valence-electron chi connectivity index (χ3n) is 7.55. The molecule has 4 rings (SSSR count). The van der Waals surface area contributed by atoms with Crippen molar-refractivity contribution in [1.29, 1.82) is 0 Å². The van der Waals surface area contributed by atoms with Gasteiger partial charge in [0.2, 0.25) is 0 Å². The van der Waals surface area contributed by atoms with E-state index in [9.17, 15) is 13.9 Å². The van der Waals surface area contributed by atoms with Crippen LogP contribution in [-0.4, -0.2) is 11.7 Å². The molecule has 0 fully saturated rings. The van der Waals surface area contributed by atoms with E-state index in [0.717, 1.165) is 43.2 Å². The monoisotopic (exact) mass is 534 g/mol. The molecule has 0 saturated carbocycles. The highest BCUT2D eigenvalue weighted by Crippen LogP contribution is 2.35. The molecule has 1 aliphatic carbocycles. The number of hydrogen-bond donors (Lipinski definition) is 1. The van der Waals surface area contributed by atoms with Crippen molar-refractivity contribution in [3.05, 3.63) is 107 Å². The molecule has 39 heavy (non-hydrogen) atoms. The molecule has 1 N–H and O–H groups in total. The third kappa shape index (κ3) is 7.21. The fourth-order valence-electron chi connectivity index (χ4n) is 5.19. The SMILES string of the molecule is C=CCCOc1ccc(C2=CCC(CCc3ccc(-c4ccc(C(O)CCC)cc4)c(F)c3F)CC2)c(F)c1. The molecule has 3 aromatic rings. The second-order valence-electron chi connectivity index (χ2n) is 10.3. The largest absolute Gasteiger partial charge is 0.493 e. The van der Waals surface area contributed by atoms with Crippen LogP contribution in [0.3, 0.4) is 0 Å². The van der Waals surface area contributed by atoms with Crippen LogP contribution in [0, 0.1) is 23.4 Å². The molecule has 206 valence electrons. The highest BCUT2D eigenvalue weighted by atomic mass is 19.2. The van der Waals surface area contributed by atoms with Crippen molar-refractivity contribution in [1.82, 2.24) is 0 Å². The molecule has 0 amide bonds. The summed E-state index contributed by atoms with van der Waals surface area (Å²) in [5, 5.41) is 10.1. The Balaban J connectivity index is 1.35. The van der Waals surface area contributed by atoms with Crippen LogP contribution < -0.4 is 4.74 Å². The van der Waals surface area contributed by atoms with E-state index in [1.54, 1.807) is 54.6 Å². The maximum absolute atomic E-state index is 15.0. The molecule has 0 aliphatic heterocycles. The lowest BCUT2D eigenvalue weighted by atomic mass is 9.83. The minimum atomic E-state index is -0.840. The first-order chi connectivity index (χ1) is 18.9. The summed E-state index contributed by atoms with van der Waals surface area (Å²) in [5.41, 5.74) is 3.53. The van der Waals surface area contributed by atoms with Crippen LogP contribution in [0.4, 0.5) is 13.2 Å². The number of aryl methyl sites for hydroxylation is 1. The zero-order valence-electron chi connectivity index (χ0n) is 22.6. The van der Waals surface area contributed by atoms with Crippen molar-refractivity contribution < 1.29 is 23.0 Å². The molecule has 0 heterocycles. The minimum absolute atomic E-state index is 0.220. The average Bonchev–Trinajstić information content (AvgIpc) is 2.95. The maximum atomic E-state index is 15.0. The molecule has 0 spiro atoms. The number of benzene rings is 3. The molecular formula is C34H37F3O2. The number of aliphatic hydroxyl groups excluding tert-OH is 1. The average molecular weight is 535 g/mol. The molecule has 5 heteroatoms. The van der Waals surface area contributed by atoms with Crippen LogP contribution in [0.1, 0.15) is 74.7 Å². The lowest BCUT2D eigenvalue weighted by Gasteiger charge is -2.23. The molecule has 3 aromatic carbocycles. The summed E-state index contributed by atoms with van der Waals surface area (Å²) in [6, 6.07) is 15.3. The fraction of sp³-hybridized carbons (Fsp3) is 0.353. The van der Waals surface area contributed by atoms with Gasteiger partial charge >= 0.3 is 0 Å². The molecule has 2 unspecified atom stereocenters. The summed E-state index contributed by atoms with van der Waals surface area (Å²) >= 11 is 0. The van der Waals surface area contributed by atoms with E-state index in [1.807, 2.05) is 6.92 Å². The summed E-state index contributed by atoms with van der Waals surface area (Å²) in [4.78, 5) is 0. The zero-order chi connectivity index (χ0) is 27.8. The third-order valence-corrected chi connectivity index (χ3v) is 7.55. The van der Waals surface area contributed by atoms with Gasteiger partial charge in [-0.3, -0.25) is 0 Å². The Kier molecular flexibility index (Phi) is 10.0. The van der Waals surface area contributed by atoms with Crippen molar-refractivity contribution in [3.63, 3.8) is 0 Å². The Hall–Kier alpha value is -3.31. The van der Waals surface area contributed by atoms with Gasteiger partial charge in [-0.25, -0.2) is 13.2 Å². The highest BCUT2D eigenvalue weighted by molar-refractivity contribution is 5.67. The topological polar surface area (TPSA) is 29.5 Å². The predicted molar refractivity (Wildman–Crippen MR) is 152 cm³/mol. The van der Waals surface area contributed by atoms with Crippen molar-refractivity contribution in [2.75, 3.05) is 6.61 Å². The van der Waals surface area contributed by atoms with Gasteiger partial charge in [-0.2, -0.15) is 0 Å². The number of halogens is 3. The molecule has 1 aliphatic rings. The Morgan fingerprint density at radius 1 is 1.03 bits per heavy atom. The molecule has 0 aromatic heterocycles. The summed E-state index contributed by atoms with van der Waals surface area (Å²) in [5.74, 6) is -1.09. The highest BCUT2D eigenvalue weighted by Gasteiger charge is 2.20. The Labute approximate surface area is 229 Å². The van der Waals surface area contributed by atoms with Gasteiger partial charge in [0.05, 0.1) is 12.7 Å².